The highest BCUT2D eigenvalue weighted by Crippen LogP contribution is 2.32. The molecule has 0 saturated carbocycles. The van der Waals surface area contributed by atoms with E-state index >= 15 is 0 Å². The molecule has 1 N–H and O–H groups in total. The first-order valence-electron chi connectivity index (χ1n) is 8.96. The fourth-order valence-corrected chi connectivity index (χ4v) is 4.09. The van der Waals surface area contributed by atoms with E-state index in [1.807, 2.05) is 13.0 Å². The fraction of sp³-hybridized carbons (Fsp3) is 0.368. The summed E-state index contributed by atoms with van der Waals surface area (Å²) < 4.78 is 12.0. The molecule has 10 heteroatoms. The number of thioether (sulfide) groups is 1. The number of hydrogen-bond acceptors (Lipinski definition) is 8. The van der Waals surface area contributed by atoms with Gasteiger partial charge in [-0.05, 0) is 24.6 Å². The van der Waals surface area contributed by atoms with Crippen molar-refractivity contribution in [2.75, 3.05) is 45.8 Å². The molecule has 2 aromatic rings. The minimum Gasteiger partial charge on any atom is -0.383 e. The number of ether oxygens (including phenoxy) is 2. The van der Waals surface area contributed by atoms with Crippen molar-refractivity contribution in [1.29, 1.82) is 0 Å². The van der Waals surface area contributed by atoms with E-state index in [9.17, 15) is 9.59 Å². The van der Waals surface area contributed by atoms with Crippen LogP contribution in [0.25, 0.3) is 11.7 Å². The van der Waals surface area contributed by atoms with Gasteiger partial charge in [0, 0.05) is 27.0 Å². The van der Waals surface area contributed by atoms with Gasteiger partial charge in [0.2, 0.25) is 0 Å². The number of anilines is 1. The Labute approximate surface area is 177 Å². The molecule has 8 nitrogen and oxygen atoms in total. The first-order valence-corrected chi connectivity index (χ1v) is 10.2. The lowest BCUT2D eigenvalue weighted by Gasteiger charge is -2.13. The quantitative estimate of drug-likeness (QED) is 0.383. The normalized spacial score (nSPS) is 15.7. The maximum absolute atomic E-state index is 13.2. The number of aryl methyl sites for hydroxylation is 1. The molecule has 0 bridgehead atoms. The number of thiocarbonyl (C=S) groups is 1. The second-order valence-corrected chi connectivity index (χ2v) is 8.04. The molecule has 0 aromatic carbocycles. The van der Waals surface area contributed by atoms with Gasteiger partial charge in [-0.3, -0.25) is 18.9 Å². The molecule has 2 aromatic heterocycles. The SMILES string of the molecule is COCCNc1nc2ccc(C)cn2c(=O)c1C=C1SC(=S)N(CCOC)C1=O. The van der Waals surface area contributed by atoms with Gasteiger partial charge in [-0.15, -0.1) is 0 Å². The van der Waals surface area contributed by atoms with Gasteiger partial charge in [0.1, 0.15) is 15.8 Å². The van der Waals surface area contributed by atoms with E-state index in [0.29, 0.717) is 52.6 Å². The molecule has 0 radical (unpaired) electrons. The largest absolute Gasteiger partial charge is 0.383 e. The van der Waals surface area contributed by atoms with Crippen LogP contribution in [0.5, 0.6) is 0 Å². The third-order valence-electron chi connectivity index (χ3n) is 4.27. The van der Waals surface area contributed by atoms with Crippen molar-refractivity contribution in [1.82, 2.24) is 14.3 Å². The Morgan fingerprint density at radius 3 is 2.72 bits per heavy atom. The Morgan fingerprint density at radius 2 is 2.00 bits per heavy atom. The van der Waals surface area contributed by atoms with Crippen molar-refractivity contribution in [2.24, 2.45) is 0 Å². The Kier molecular flexibility index (Phi) is 7.01. The molecule has 1 amide bonds. The van der Waals surface area contributed by atoms with Crippen molar-refractivity contribution in [3.63, 3.8) is 0 Å². The Balaban J connectivity index is 2.06. The molecule has 0 spiro atoms. The molecule has 1 aliphatic rings. The first-order chi connectivity index (χ1) is 14.0. The van der Waals surface area contributed by atoms with E-state index in [-0.39, 0.29) is 11.5 Å². The standard InChI is InChI=1S/C19H22N4O4S2/c1-12-4-5-15-21-16(20-6-8-26-2)13(17(24)23(15)11-12)10-14-18(25)22(7-9-27-3)19(28)29-14/h4-5,10-11,20H,6-9H2,1-3H3. The maximum Gasteiger partial charge on any atom is 0.267 e. The van der Waals surface area contributed by atoms with Crippen LogP contribution in [-0.2, 0) is 14.3 Å². The highest BCUT2D eigenvalue weighted by molar-refractivity contribution is 8.26. The van der Waals surface area contributed by atoms with Crippen LogP contribution in [0.1, 0.15) is 11.1 Å². The van der Waals surface area contributed by atoms with E-state index < -0.39 is 0 Å². The lowest BCUT2D eigenvalue weighted by Crippen LogP contribution is -2.31. The predicted octanol–water partition coefficient (Wildman–Crippen LogP) is 1.91. The van der Waals surface area contributed by atoms with Crippen molar-refractivity contribution in [2.45, 2.75) is 6.92 Å². The molecule has 1 fully saturated rings. The Bertz CT molecular complexity index is 1030. The predicted molar refractivity (Wildman–Crippen MR) is 118 cm³/mol. The summed E-state index contributed by atoms with van der Waals surface area (Å²) in [5.74, 6) is 0.159. The number of fused-ring (bicyclic) bond motifs is 1. The summed E-state index contributed by atoms with van der Waals surface area (Å²) in [6.07, 6.45) is 3.29. The maximum atomic E-state index is 13.2. The van der Waals surface area contributed by atoms with Gasteiger partial charge in [0.15, 0.2) is 0 Å². The van der Waals surface area contributed by atoms with Crippen LogP contribution < -0.4 is 10.9 Å². The molecule has 1 saturated heterocycles. The summed E-state index contributed by atoms with van der Waals surface area (Å²) in [4.78, 5) is 32.4. The minimum absolute atomic E-state index is 0.242. The van der Waals surface area contributed by atoms with Crippen molar-refractivity contribution >= 4 is 51.7 Å². The average molecular weight is 435 g/mol. The topological polar surface area (TPSA) is 85.2 Å². The number of methoxy groups -OCH3 is 2. The molecule has 0 atom stereocenters. The Hall–Kier alpha value is -2.27. The molecule has 154 valence electrons. The van der Waals surface area contributed by atoms with Crippen molar-refractivity contribution in [3.05, 3.63) is 44.7 Å². The van der Waals surface area contributed by atoms with Crippen LogP contribution in [0.4, 0.5) is 5.82 Å². The second-order valence-electron chi connectivity index (χ2n) is 6.36. The smallest absolute Gasteiger partial charge is 0.267 e. The molecule has 0 aliphatic carbocycles. The van der Waals surface area contributed by atoms with Gasteiger partial charge in [-0.1, -0.05) is 30.0 Å². The Morgan fingerprint density at radius 1 is 1.24 bits per heavy atom. The summed E-state index contributed by atoms with van der Waals surface area (Å²) >= 11 is 6.48. The van der Waals surface area contributed by atoms with Crippen LogP contribution in [0.2, 0.25) is 0 Å². The number of carbonyl (C=O) groups is 1. The molecular formula is C19H22N4O4S2. The number of nitrogens with one attached hydrogen (secondary N) is 1. The van der Waals surface area contributed by atoms with Gasteiger partial charge in [0.05, 0.1) is 30.2 Å². The molecule has 3 heterocycles. The van der Waals surface area contributed by atoms with Crippen LogP contribution >= 0.6 is 24.0 Å². The highest BCUT2D eigenvalue weighted by atomic mass is 32.2. The van der Waals surface area contributed by atoms with E-state index in [4.69, 9.17) is 21.7 Å². The van der Waals surface area contributed by atoms with E-state index in [0.717, 1.165) is 5.56 Å². The number of pyridine rings is 1. The summed E-state index contributed by atoms with van der Waals surface area (Å²) in [5.41, 5.74) is 1.49. The fourth-order valence-electron chi connectivity index (χ4n) is 2.80. The zero-order valence-electron chi connectivity index (χ0n) is 16.4. The average Bonchev–Trinajstić information content (AvgIpc) is 2.96. The molecule has 3 rings (SSSR count). The lowest BCUT2D eigenvalue weighted by molar-refractivity contribution is -0.122. The molecule has 1 aliphatic heterocycles. The number of aromatic nitrogens is 2. The van der Waals surface area contributed by atoms with Crippen molar-refractivity contribution in [3.8, 4) is 0 Å². The van der Waals surface area contributed by atoms with Gasteiger partial charge in [0.25, 0.3) is 11.5 Å². The zero-order valence-corrected chi connectivity index (χ0v) is 18.1. The van der Waals surface area contributed by atoms with Gasteiger partial charge in [-0.2, -0.15) is 0 Å². The van der Waals surface area contributed by atoms with Gasteiger partial charge in [-0.25, -0.2) is 4.98 Å². The minimum atomic E-state index is -0.263. The summed E-state index contributed by atoms with van der Waals surface area (Å²) in [6.45, 7) is 3.57. The zero-order chi connectivity index (χ0) is 21.0. The van der Waals surface area contributed by atoms with E-state index in [1.165, 1.54) is 21.1 Å². The monoisotopic (exact) mass is 434 g/mol. The summed E-state index contributed by atoms with van der Waals surface area (Å²) in [5, 5.41) is 3.13. The third-order valence-corrected chi connectivity index (χ3v) is 5.65. The van der Waals surface area contributed by atoms with Crippen LogP contribution in [0.15, 0.2) is 28.0 Å². The number of rotatable bonds is 8. The van der Waals surface area contributed by atoms with Crippen LogP contribution in [-0.4, -0.2) is 65.0 Å². The molecule has 0 unspecified atom stereocenters. The van der Waals surface area contributed by atoms with E-state index in [2.05, 4.69) is 10.3 Å². The lowest BCUT2D eigenvalue weighted by atomic mass is 10.2. The van der Waals surface area contributed by atoms with Crippen molar-refractivity contribution < 1.29 is 14.3 Å². The second kappa shape index (κ2) is 9.49. The third kappa shape index (κ3) is 4.67. The van der Waals surface area contributed by atoms with Crippen LogP contribution in [0, 0.1) is 6.92 Å². The van der Waals surface area contributed by atoms with Gasteiger partial charge >= 0.3 is 0 Å². The number of nitrogens with zero attached hydrogens (tertiary/aromatic N) is 3. The number of carbonyl (C=O) groups excluding carboxylic acids is 1. The molecular weight excluding hydrogens is 412 g/mol. The summed E-state index contributed by atoms with van der Waals surface area (Å²) in [7, 11) is 3.16. The molecule has 29 heavy (non-hydrogen) atoms. The van der Waals surface area contributed by atoms with Crippen LogP contribution in [0.3, 0.4) is 0 Å². The highest BCUT2D eigenvalue weighted by Gasteiger charge is 2.32. The summed E-state index contributed by atoms with van der Waals surface area (Å²) in [6, 6.07) is 3.67. The van der Waals surface area contributed by atoms with E-state index in [1.54, 1.807) is 32.6 Å². The number of hydrogen-bond donors (Lipinski definition) is 1. The number of amides is 1. The van der Waals surface area contributed by atoms with Gasteiger partial charge < -0.3 is 14.8 Å². The first kappa shape index (κ1) is 21.4.